The van der Waals surface area contributed by atoms with Crippen LogP contribution >= 0.6 is 0 Å². The topological polar surface area (TPSA) is 78.4 Å². The molecule has 1 fully saturated rings. The lowest BCUT2D eigenvalue weighted by atomic mass is 10.1. The molecule has 0 bridgehead atoms. The maximum absolute atomic E-state index is 11.6. The van der Waals surface area contributed by atoms with Gasteiger partial charge in [-0.05, 0) is 31.1 Å². The van der Waals surface area contributed by atoms with Crippen LogP contribution in [0.1, 0.15) is 32.6 Å². The molecule has 0 saturated heterocycles. The first-order chi connectivity index (χ1) is 8.52. The molecule has 0 spiro atoms. The molecule has 1 saturated carbocycles. The molecule has 5 nitrogen and oxygen atoms in total. The van der Waals surface area contributed by atoms with Gasteiger partial charge in [-0.25, -0.2) is 9.59 Å². The maximum atomic E-state index is 11.6. The van der Waals surface area contributed by atoms with E-state index in [1.54, 1.807) is 0 Å². The van der Waals surface area contributed by atoms with Crippen LogP contribution in [-0.4, -0.2) is 29.7 Å². The van der Waals surface area contributed by atoms with Crippen molar-refractivity contribution in [2.45, 2.75) is 38.6 Å². The summed E-state index contributed by atoms with van der Waals surface area (Å²) >= 11 is 0. The van der Waals surface area contributed by atoms with Crippen LogP contribution in [0.2, 0.25) is 0 Å². The second-order valence-electron chi connectivity index (χ2n) is 5.05. The zero-order chi connectivity index (χ0) is 13.5. The summed E-state index contributed by atoms with van der Waals surface area (Å²) in [6.45, 7) is 6.31. The van der Waals surface area contributed by atoms with Gasteiger partial charge in [0, 0.05) is 6.54 Å². The number of urea groups is 1. The summed E-state index contributed by atoms with van der Waals surface area (Å²) in [4.78, 5) is 22.4. The number of hydrogen-bond donors (Lipinski definition) is 3. The molecule has 0 aromatic heterocycles. The third-order valence-electron chi connectivity index (χ3n) is 3.36. The van der Waals surface area contributed by atoms with Gasteiger partial charge in [-0.1, -0.05) is 19.4 Å². The number of amides is 2. The van der Waals surface area contributed by atoms with E-state index in [0.29, 0.717) is 12.5 Å². The van der Waals surface area contributed by atoms with E-state index in [-0.39, 0.29) is 6.42 Å². The first kappa shape index (κ1) is 14.5. The Morgan fingerprint density at radius 3 is 2.72 bits per heavy atom. The van der Waals surface area contributed by atoms with E-state index in [9.17, 15) is 9.59 Å². The summed E-state index contributed by atoms with van der Waals surface area (Å²) < 4.78 is 0. The molecular formula is C13H22N2O3. The molecule has 0 aromatic carbocycles. The SMILES string of the molecule is C=CCC(NC(=O)NCC1CCC(C)C1)C(=O)O. The van der Waals surface area contributed by atoms with Crippen molar-refractivity contribution in [3.63, 3.8) is 0 Å². The van der Waals surface area contributed by atoms with Crippen molar-refractivity contribution in [1.29, 1.82) is 0 Å². The fraction of sp³-hybridized carbons (Fsp3) is 0.692. The van der Waals surface area contributed by atoms with Crippen LogP contribution in [0.15, 0.2) is 12.7 Å². The molecule has 2 amide bonds. The fourth-order valence-electron chi connectivity index (χ4n) is 2.34. The van der Waals surface area contributed by atoms with Crippen LogP contribution in [0, 0.1) is 11.8 Å². The number of carboxylic acid groups (broad SMARTS) is 1. The van der Waals surface area contributed by atoms with Gasteiger partial charge in [0.1, 0.15) is 6.04 Å². The Kier molecular flexibility index (Phi) is 5.68. The van der Waals surface area contributed by atoms with Crippen LogP contribution in [-0.2, 0) is 4.79 Å². The van der Waals surface area contributed by atoms with Crippen molar-refractivity contribution >= 4 is 12.0 Å². The first-order valence-electron chi connectivity index (χ1n) is 6.41. The molecular weight excluding hydrogens is 232 g/mol. The van der Waals surface area contributed by atoms with Gasteiger partial charge in [-0.3, -0.25) is 0 Å². The van der Waals surface area contributed by atoms with Crippen molar-refractivity contribution in [3.05, 3.63) is 12.7 Å². The molecule has 1 aliphatic carbocycles. The number of aliphatic carboxylic acids is 1. The van der Waals surface area contributed by atoms with Gasteiger partial charge in [0.25, 0.3) is 0 Å². The third kappa shape index (κ3) is 4.77. The van der Waals surface area contributed by atoms with Crippen molar-refractivity contribution < 1.29 is 14.7 Å². The van der Waals surface area contributed by atoms with Crippen molar-refractivity contribution in [2.75, 3.05) is 6.54 Å². The van der Waals surface area contributed by atoms with Gasteiger partial charge in [0.05, 0.1) is 0 Å². The Balaban J connectivity index is 2.27. The lowest BCUT2D eigenvalue weighted by molar-refractivity contribution is -0.139. The van der Waals surface area contributed by atoms with Gasteiger partial charge in [0.15, 0.2) is 0 Å². The van der Waals surface area contributed by atoms with Gasteiger partial charge in [0.2, 0.25) is 0 Å². The fourth-order valence-corrected chi connectivity index (χ4v) is 2.34. The first-order valence-corrected chi connectivity index (χ1v) is 6.41. The third-order valence-corrected chi connectivity index (χ3v) is 3.36. The molecule has 18 heavy (non-hydrogen) atoms. The monoisotopic (exact) mass is 254 g/mol. The van der Waals surface area contributed by atoms with Gasteiger partial charge in [-0.2, -0.15) is 0 Å². The molecule has 0 aliphatic heterocycles. The lowest BCUT2D eigenvalue weighted by Gasteiger charge is -2.15. The highest BCUT2D eigenvalue weighted by molar-refractivity contribution is 5.82. The van der Waals surface area contributed by atoms with Crippen LogP contribution in [0.5, 0.6) is 0 Å². The summed E-state index contributed by atoms with van der Waals surface area (Å²) in [7, 11) is 0. The van der Waals surface area contributed by atoms with Gasteiger partial charge in [-0.15, -0.1) is 6.58 Å². The second-order valence-corrected chi connectivity index (χ2v) is 5.05. The minimum absolute atomic E-state index is 0.225. The van der Waals surface area contributed by atoms with E-state index in [4.69, 9.17) is 5.11 Å². The number of hydrogen-bond acceptors (Lipinski definition) is 2. The molecule has 3 atom stereocenters. The van der Waals surface area contributed by atoms with Gasteiger partial charge < -0.3 is 15.7 Å². The summed E-state index contributed by atoms with van der Waals surface area (Å²) in [6.07, 6.45) is 5.19. The Hall–Kier alpha value is -1.52. The predicted molar refractivity (Wildman–Crippen MR) is 69.3 cm³/mol. The lowest BCUT2D eigenvalue weighted by Crippen LogP contribution is -2.46. The average molecular weight is 254 g/mol. The molecule has 0 radical (unpaired) electrons. The highest BCUT2D eigenvalue weighted by Gasteiger charge is 2.22. The Morgan fingerprint density at radius 1 is 1.50 bits per heavy atom. The van der Waals surface area contributed by atoms with Crippen molar-refractivity contribution in [3.8, 4) is 0 Å². The van der Waals surface area contributed by atoms with Crippen LogP contribution in [0.25, 0.3) is 0 Å². The van der Waals surface area contributed by atoms with Crippen LogP contribution in [0.3, 0.4) is 0 Å². The summed E-state index contributed by atoms with van der Waals surface area (Å²) in [5.41, 5.74) is 0. The zero-order valence-corrected chi connectivity index (χ0v) is 10.8. The second kappa shape index (κ2) is 7.03. The Morgan fingerprint density at radius 2 is 2.22 bits per heavy atom. The molecule has 3 N–H and O–H groups in total. The number of carbonyl (C=O) groups is 2. The summed E-state index contributed by atoms with van der Waals surface area (Å²) in [6, 6.07) is -1.31. The normalized spacial score (nSPS) is 24.3. The largest absolute Gasteiger partial charge is 0.480 e. The van der Waals surface area contributed by atoms with E-state index in [2.05, 4.69) is 24.1 Å². The van der Waals surface area contributed by atoms with Crippen molar-refractivity contribution in [2.24, 2.45) is 11.8 Å². The van der Waals surface area contributed by atoms with Gasteiger partial charge >= 0.3 is 12.0 Å². The molecule has 5 heteroatoms. The minimum Gasteiger partial charge on any atom is -0.480 e. The highest BCUT2D eigenvalue weighted by Crippen LogP contribution is 2.29. The molecule has 3 unspecified atom stereocenters. The molecule has 1 aliphatic rings. The zero-order valence-electron chi connectivity index (χ0n) is 10.8. The van der Waals surface area contributed by atoms with Crippen molar-refractivity contribution in [1.82, 2.24) is 10.6 Å². The quantitative estimate of drug-likeness (QED) is 0.632. The smallest absolute Gasteiger partial charge is 0.326 e. The van der Waals surface area contributed by atoms with E-state index in [0.717, 1.165) is 18.8 Å². The number of rotatable bonds is 6. The molecule has 1 rings (SSSR count). The Labute approximate surface area is 108 Å². The molecule has 0 aromatic rings. The van der Waals surface area contributed by atoms with E-state index < -0.39 is 18.0 Å². The number of nitrogens with one attached hydrogen (secondary N) is 2. The van der Waals surface area contributed by atoms with E-state index in [1.807, 2.05) is 0 Å². The van der Waals surface area contributed by atoms with E-state index >= 15 is 0 Å². The summed E-state index contributed by atoms with van der Waals surface area (Å²) in [5.74, 6) is 0.209. The maximum Gasteiger partial charge on any atom is 0.326 e. The number of carbonyl (C=O) groups excluding carboxylic acids is 1. The standard InChI is InChI=1S/C13H22N2O3/c1-3-4-11(12(16)17)15-13(18)14-8-10-6-5-9(2)7-10/h3,9-11H,1,4-8H2,2H3,(H,16,17)(H2,14,15,18). The molecule has 102 valence electrons. The Bertz CT molecular complexity index is 317. The predicted octanol–water partition coefficient (Wildman–Crippen LogP) is 1.75. The van der Waals surface area contributed by atoms with Crippen LogP contribution in [0.4, 0.5) is 4.79 Å². The summed E-state index contributed by atoms with van der Waals surface area (Å²) in [5, 5.41) is 14.1. The minimum atomic E-state index is -1.04. The van der Waals surface area contributed by atoms with Crippen LogP contribution < -0.4 is 10.6 Å². The van der Waals surface area contributed by atoms with E-state index in [1.165, 1.54) is 12.5 Å². The molecule has 0 heterocycles. The number of carboxylic acids is 1. The average Bonchev–Trinajstić information content (AvgIpc) is 2.72. The highest BCUT2D eigenvalue weighted by atomic mass is 16.4.